The standard InChI is InChI=1S/C11H23N3O2.2ClH/c1-8(14(2)3)7-13-11(15)10-5-4-9(6-12)16-10;;/h8-10H,4-7,12H2,1-3H3,(H,13,15);2*1H/t8?,9-,10+;;/m1../s1. The van der Waals surface area contributed by atoms with Crippen molar-refractivity contribution in [2.45, 2.75) is 38.0 Å². The molecule has 0 aromatic rings. The van der Waals surface area contributed by atoms with E-state index in [-0.39, 0.29) is 42.9 Å². The topological polar surface area (TPSA) is 67.6 Å². The molecule has 3 atom stereocenters. The zero-order valence-corrected chi connectivity index (χ0v) is 12.9. The van der Waals surface area contributed by atoms with Crippen molar-refractivity contribution < 1.29 is 9.53 Å². The number of halogens is 2. The van der Waals surface area contributed by atoms with Gasteiger partial charge >= 0.3 is 0 Å². The number of likely N-dealkylation sites (N-methyl/N-ethyl adjacent to an activating group) is 1. The molecule has 1 aliphatic rings. The molecule has 3 N–H and O–H groups in total. The highest BCUT2D eigenvalue weighted by atomic mass is 35.5. The lowest BCUT2D eigenvalue weighted by Crippen LogP contribution is -2.42. The van der Waals surface area contributed by atoms with Gasteiger partial charge in [0.1, 0.15) is 6.10 Å². The van der Waals surface area contributed by atoms with E-state index in [1.54, 1.807) is 0 Å². The summed E-state index contributed by atoms with van der Waals surface area (Å²) in [6.07, 6.45) is 1.42. The summed E-state index contributed by atoms with van der Waals surface area (Å²) < 4.78 is 5.51. The van der Waals surface area contributed by atoms with E-state index in [0.717, 1.165) is 12.8 Å². The monoisotopic (exact) mass is 301 g/mol. The third kappa shape index (κ3) is 6.20. The highest BCUT2D eigenvalue weighted by molar-refractivity contribution is 5.85. The van der Waals surface area contributed by atoms with Crippen LogP contribution in [0.25, 0.3) is 0 Å². The van der Waals surface area contributed by atoms with E-state index in [1.807, 2.05) is 14.1 Å². The SMILES string of the molecule is CC(CNC(=O)[C@@H]1CC[C@H](CN)O1)N(C)C.Cl.Cl. The zero-order chi connectivity index (χ0) is 12.1. The van der Waals surface area contributed by atoms with Crippen LogP contribution in [0.3, 0.4) is 0 Å². The molecule has 0 saturated carbocycles. The van der Waals surface area contributed by atoms with E-state index in [1.165, 1.54) is 0 Å². The summed E-state index contributed by atoms with van der Waals surface area (Å²) in [5, 5.41) is 2.90. The second-order valence-electron chi connectivity index (χ2n) is 4.62. The molecule has 0 aliphatic carbocycles. The van der Waals surface area contributed by atoms with Crippen LogP contribution in [0.1, 0.15) is 19.8 Å². The lowest BCUT2D eigenvalue weighted by Gasteiger charge is -2.21. The van der Waals surface area contributed by atoms with Gasteiger partial charge in [-0.1, -0.05) is 0 Å². The normalized spacial score (nSPS) is 24.1. The summed E-state index contributed by atoms with van der Waals surface area (Å²) in [6.45, 7) is 3.22. The van der Waals surface area contributed by atoms with Crippen LogP contribution in [0.4, 0.5) is 0 Å². The summed E-state index contributed by atoms with van der Waals surface area (Å²) in [5.41, 5.74) is 5.49. The Bertz CT molecular complexity index is 242. The maximum absolute atomic E-state index is 11.7. The quantitative estimate of drug-likeness (QED) is 0.771. The second-order valence-corrected chi connectivity index (χ2v) is 4.62. The minimum atomic E-state index is -0.303. The van der Waals surface area contributed by atoms with E-state index < -0.39 is 0 Å². The number of ether oxygens (including phenoxy) is 1. The highest BCUT2D eigenvalue weighted by Gasteiger charge is 2.29. The van der Waals surface area contributed by atoms with Crippen LogP contribution in [-0.4, -0.2) is 56.2 Å². The molecule has 1 unspecified atom stereocenters. The lowest BCUT2D eigenvalue weighted by atomic mass is 10.2. The third-order valence-electron chi connectivity index (χ3n) is 3.12. The lowest BCUT2D eigenvalue weighted by molar-refractivity contribution is -0.132. The maximum atomic E-state index is 11.7. The highest BCUT2D eigenvalue weighted by Crippen LogP contribution is 2.18. The molecule has 0 bridgehead atoms. The molecule has 0 aromatic carbocycles. The Morgan fingerprint density at radius 1 is 1.44 bits per heavy atom. The second kappa shape index (κ2) is 9.81. The fourth-order valence-corrected chi connectivity index (χ4v) is 1.62. The third-order valence-corrected chi connectivity index (χ3v) is 3.12. The number of carbonyl (C=O) groups is 1. The summed E-state index contributed by atoms with van der Waals surface area (Å²) in [7, 11) is 3.99. The molecule has 0 spiro atoms. The molecule has 1 aliphatic heterocycles. The first-order valence-electron chi connectivity index (χ1n) is 5.84. The number of amides is 1. The van der Waals surface area contributed by atoms with Crippen LogP contribution < -0.4 is 11.1 Å². The Morgan fingerprint density at radius 2 is 2.06 bits per heavy atom. The molecule has 0 radical (unpaired) electrons. The molecule has 1 rings (SSSR count). The fraction of sp³-hybridized carbons (Fsp3) is 0.909. The maximum Gasteiger partial charge on any atom is 0.249 e. The van der Waals surface area contributed by atoms with E-state index in [2.05, 4.69) is 17.1 Å². The first kappa shape index (κ1) is 20.3. The van der Waals surface area contributed by atoms with E-state index in [4.69, 9.17) is 10.5 Å². The van der Waals surface area contributed by atoms with Gasteiger partial charge in [-0.3, -0.25) is 4.79 Å². The predicted molar refractivity (Wildman–Crippen MR) is 77.6 cm³/mol. The van der Waals surface area contributed by atoms with Gasteiger partial charge in [0.15, 0.2) is 0 Å². The average molecular weight is 302 g/mol. The van der Waals surface area contributed by atoms with Gasteiger partial charge in [-0.05, 0) is 33.9 Å². The van der Waals surface area contributed by atoms with Crippen LogP contribution >= 0.6 is 24.8 Å². The molecule has 7 heteroatoms. The predicted octanol–water partition coefficient (Wildman–Crippen LogP) is 0.403. The molecule has 0 aromatic heterocycles. The van der Waals surface area contributed by atoms with Crippen molar-refractivity contribution in [3.63, 3.8) is 0 Å². The largest absolute Gasteiger partial charge is 0.364 e. The minimum Gasteiger partial charge on any atom is -0.364 e. The number of rotatable bonds is 5. The molecular weight excluding hydrogens is 277 g/mol. The van der Waals surface area contributed by atoms with Gasteiger partial charge in [0.2, 0.25) is 5.91 Å². The van der Waals surface area contributed by atoms with Crippen molar-refractivity contribution in [1.29, 1.82) is 0 Å². The minimum absolute atomic E-state index is 0. The van der Waals surface area contributed by atoms with Crippen LogP contribution in [-0.2, 0) is 9.53 Å². The fourth-order valence-electron chi connectivity index (χ4n) is 1.62. The van der Waals surface area contributed by atoms with Crippen LogP contribution in [0, 0.1) is 0 Å². The molecule has 18 heavy (non-hydrogen) atoms. The van der Waals surface area contributed by atoms with Crippen molar-refractivity contribution >= 4 is 30.7 Å². The smallest absolute Gasteiger partial charge is 0.249 e. The number of nitrogens with one attached hydrogen (secondary N) is 1. The van der Waals surface area contributed by atoms with E-state index in [9.17, 15) is 4.79 Å². The molecule has 5 nitrogen and oxygen atoms in total. The van der Waals surface area contributed by atoms with Crippen molar-refractivity contribution in [1.82, 2.24) is 10.2 Å². The number of nitrogens with zero attached hydrogens (tertiary/aromatic N) is 1. The summed E-state index contributed by atoms with van der Waals surface area (Å²) in [5.74, 6) is -0.00958. The van der Waals surface area contributed by atoms with Crippen LogP contribution in [0.15, 0.2) is 0 Å². The Labute approximate surface area is 122 Å². The number of hydrogen-bond acceptors (Lipinski definition) is 4. The molecule has 1 heterocycles. The van der Waals surface area contributed by atoms with Gasteiger partial charge < -0.3 is 20.7 Å². The average Bonchev–Trinajstić information content (AvgIpc) is 2.73. The van der Waals surface area contributed by atoms with Gasteiger partial charge in [-0.15, -0.1) is 24.8 Å². The molecule has 110 valence electrons. The summed E-state index contributed by atoms with van der Waals surface area (Å²) >= 11 is 0. The summed E-state index contributed by atoms with van der Waals surface area (Å²) in [4.78, 5) is 13.8. The van der Waals surface area contributed by atoms with Gasteiger partial charge in [-0.25, -0.2) is 0 Å². The molecule has 1 saturated heterocycles. The molecule has 1 fully saturated rings. The van der Waals surface area contributed by atoms with Gasteiger partial charge in [-0.2, -0.15) is 0 Å². The summed E-state index contributed by atoms with van der Waals surface area (Å²) in [6, 6.07) is 0.329. The Morgan fingerprint density at radius 3 is 2.50 bits per heavy atom. The van der Waals surface area contributed by atoms with Crippen molar-refractivity contribution in [3.05, 3.63) is 0 Å². The van der Waals surface area contributed by atoms with Gasteiger partial charge in [0.25, 0.3) is 0 Å². The van der Waals surface area contributed by atoms with Gasteiger partial charge in [0, 0.05) is 19.1 Å². The van der Waals surface area contributed by atoms with E-state index >= 15 is 0 Å². The van der Waals surface area contributed by atoms with Crippen molar-refractivity contribution in [2.24, 2.45) is 5.73 Å². The molecular formula is C11H25Cl2N3O2. The first-order chi connectivity index (χ1) is 7.54. The molecule has 1 amide bonds. The number of carbonyl (C=O) groups excluding carboxylic acids is 1. The first-order valence-corrected chi connectivity index (χ1v) is 5.84. The Kier molecular flexibility index (Phi) is 11.0. The Hall–Kier alpha value is -0.0700. The van der Waals surface area contributed by atoms with Gasteiger partial charge in [0.05, 0.1) is 6.10 Å². The Balaban J connectivity index is 0. The van der Waals surface area contributed by atoms with Crippen molar-refractivity contribution in [3.8, 4) is 0 Å². The van der Waals surface area contributed by atoms with Crippen LogP contribution in [0.5, 0.6) is 0 Å². The van der Waals surface area contributed by atoms with Crippen LogP contribution in [0.2, 0.25) is 0 Å². The number of nitrogens with two attached hydrogens (primary N) is 1. The van der Waals surface area contributed by atoms with Crippen molar-refractivity contribution in [2.75, 3.05) is 27.2 Å². The zero-order valence-electron chi connectivity index (χ0n) is 11.2. The number of hydrogen-bond donors (Lipinski definition) is 2. The van der Waals surface area contributed by atoms with E-state index in [0.29, 0.717) is 19.1 Å².